The van der Waals surface area contributed by atoms with Crippen LogP contribution in [0.5, 0.6) is 0 Å². The fourth-order valence-corrected chi connectivity index (χ4v) is 3.19. The van der Waals surface area contributed by atoms with Crippen molar-refractivity contribution in [3.8, 4) is 0 Å². The molecule has 100 valence electrons. The normalized spacial score (nSPS) is 16.6. The van der Waals surface area contributed by atoms with Crippen molar-refractivity contribution in [2.75, 3.05) is 10.0 Å². The van der Waals surface area contributed by atoms with Gasteiger partial charge in [-0.2, -0.15) is 0 Å². The Hall–Kier alpha value is -1.30. The van der Waals surface area contributed by atoms with Crippen molar-refractivity contribution < 1.29 is 8.42 Å². The standard InChI is InChI=1S/C12H19N3O2S/c1-12(2,3)18(16,17)15(10-5-6-10)11-7-4-9(13)8-14-11/h4,7-8,10H,5-6,13H2,1-3H3. The third-order valence-corrected chi connectivity index (χ3v) is 5.46. The minimum atomic E-state index is -3.41. The Labute approximate surface area is 108 Å². The van der Waals surface area contributed by atoms with Crippen LogP contribution in [0.25, 0.3) is 0 Å². The summed E-state index contributed by atoms with van der Waals surface area (Å²) in [7, 11) is -3.41. The number of hydrogen-bond acceptors (Lipinski definition) is 4. The molecule has 2 rings (SSSR count). The largest absolute Gasteiger partial charge is 0.397 e. The molecule has 0 spiro atoms. The van der Waals surface area contributed by atoms with Crippen LogP contribution in [0, 0.1) is 0 Å². The summed E-state index contributed by atoms with van der Waals surface area (Å²) >= 11 is 0. The molecule has 1 aliphatic rings. The fourth-order valence-electron chi connectivity index (χ4n) is 1.64. The van der Waals surface area contributed by atoms with E-state index in [9.17, 15) is 8.42 Å². The van der Waals surface area contributed by atoms with Gasteiger partial charge in [0, 0.05) is 6.04 Å². The topological polar surface area (TPSA) is 76.3 Å². The number of pyridine rings is 1. The summed E-state index contributed by atoms with van der Waals surface area (Å²) in [4.78, 5) is 4.14. The maximum absolute atomic E-state index is 12.6. The van der Waals surface area contributed by atoms with Crippen molar-refractivity contribution in [3.05, 3.63) is 18.3 Å². The van der Waals surface area contributed by atoms with Crippen LogP contribution >= 0.6 is 0 Å². The van der Waals surface area contributed by atoms with E-state index < -0.39 is 14.8 Å². The van der Waals surface area contributed by atoms with Crippen molar-refractivity contribution in [1.82, 2.24) is 4.98 Å². The molecule has 1 heterocycles. The van der Waals surface area contributed by atoms with E-state index in [0.717, 1.165) is 12.8 Å². The van der Waals surface area contributed by atoms with Crippen LogP contribution < -0.4 is 10.0 Å². The van der Waals surface area contributed by atoms with E-state index >= 15 is 0 Å². The molecule has 18 heavy (non-hydrogen) atoms. The Bertz CT molecular complexity index is 527. The lowest BCUT2D eigenvalue weighted by molar-refractivity contribution is 0.553. The molecule has 1 saturated carbocycles. The van der Waals surface area contributed by atoms with E-state index in [-0.39, 0.29) is 6.04 Å². The first kappa shape index (κ1) is 13.1. The highest BCUT2D eigenvalue weighted by Crippen LogP contribution is 2.36. The SMILES string of the molecule is CC(C)(C)S(=O)(=O)N(c1ccc(N)cn1)C1CC1. The number of nitrogens with zero attached hydrogens (tertiary/aromatic N) is 2. The maximum atomic E-state index is 12.6. The second-order valence-corrected chi connectivity index (χ2v) is 8.16. The average Bonchev–Trinajstić information content (AvgIpc) is 3.03. The molecule has 0 unspecified atom stereocenters. The van der Waals surface area contributed by atoms with Gasteiger partial charge in [-0.25, -0.2) is 13.4 Å². The van der Waals surface area contributed by atoms with Gasteiger partial charge in [-0.3, -0.25) is 4.31 Å². The number of nitrogen functional groups attached to an aromatic ring is 1. The predicted molar refractivity (Wildman–Crippen MR) is 72.8 cm³/mol. The highest BCUT2D eigenvalue weighted by molar-refractivity contribution is 7.94. The zero-order valence-corrected chi connectivity index (χ0v) is 11.7. The molecule has 6 heteroatoms. The second-order valence-electron chi connectivity index (χ2n) is 5.59. The van der Waals surface area contributed by atoms with Gasteiger partial charge in [0.2, 0.25) is 10.0 Å². The average molecular weight is 269 g/mol. The summed E-state index contributed by atoms with van der Waals surface area (Å²) in [5, 5.41) is 0. The van der Waals surface area contributed by atoms with Gasteiger partial charge < -0.3 is 5.73 Å². The van der Waals surface area contributed by atoms with E-state index in [1.165, 1.54) is 10.5 Å². The molecule has 5 nitrogen and oxygen atoms in total. The lowest BCUT2D eigenvalue weighted by atomic mass is 10.3. The molecule has 0 aliphatic heterocycles. The highest BCUT2D eigenvalue weighted by Gasteiger charge is 2.44. The minimum absolute atomic E-state index is 0.0466. The molecule has 1 aromatic heterocycles. The van der Waals surface area contributed by atoms with Crippen LogP contribution in [0.2, 0.25) is 0 Å². The van der Waals surface area contributed by atoms with E-state index in [2.05, 4.69) is 4.98 Å². The Balaban J connectivity index is 2.44. The number of nitrogens with two attached hydrogens (primary N) is 1. The van der Waals surface area contributed by atoms with Crippen molar-refractivity contribution in [2.45, 2.75) is 44.4 Å². The predicted octanol–water partition coefficient (Wildman–Crippen LogP) is 1.76. The molecular formula is C12H19N3O2S. The smallest absolute Gasteiger partial charge is 0.241 e. The molecule has 0 aromatic carbocycles. The second kappa shape index (κ2) is 4.12. The number of anilines is 2. The molecule has 1 aromatic rings. The van der Waals surface area contributed by atoms with Gasteiger partial charge >= 0.3 is 0 Å². The Morgan fingerprint density at radius 1 is 1.33 bits per heavy atom. The Morgan fingerprint density at radius 2 is 1.94 bits per heavy atom. The fraction of sp³-hybridized carbons (Fsp3) is 0.583. The van der Waals surface area contributed by atoms with Crippen molar-refractivity contribution in [3.63, 3.8) is 0 Å². The van der Waals surface area contributed by atoms with Crippen molar-refractivity contribution >= 4 is 21.5 Å². The van der Waals surface area contributed by atoms with Crippen molar-refractivity contribution in [2.24, 2.45) is 0 Å². The van der Waals surface area contributed by atoms with E-state index in [1.54, 1.807) is 32.9 Å². The summed E-state index contributed by atoms with van der Waals surface area (Å²) in [6.07, 6.45) is 3.27. The number of sulfonamides is 1. The van der Waals surface area contributed by atoms with Gasteiger partial charge in [-0.05, 0) is 45.7 Å². The van der Waals surface area contributed by atoms with Gasteiger partial charge in [0.05, 0.1) is 16.6 Å². The van der Waals surface area contributed by atoms with Gasteiger partial charge in [-0.1, -0.05) is 0 Å². The van der Waals surface area contributed by atoms with E-state index in [1.807, 2.05) is 0 Å². The molecular weight excluding hydrogens is 250 g/mol. The highest BCUT2D eigenvalue weighted by atomic mass is 32.2. The third kappa shape index (κ3) is 2.29. The van der Waals surface area contributed by atoms with Crippen LogP contribution in [-0.2, 0) is 10.0 Å². The van der Waals surface area contributed by atoms with Gasteiger partial charge in [0.15, 0.2) is 0 Å². The monoisotopic (exact) mass is 269 g/mol. The van der Waals surface area contributed by atoms with Crippen LogP contribution in [0.3, 0.4) is 0 Å². The summed E-state index contributed by atoms with van der Waals surface area (Å²) in [6.45, 7) is 5.11. The summed E-state index contributed by atoms with van der Waals surface area (Å²) < 4.78 is 25.8. The van der Waals surface area contributed by atoms with Crippen LogP contribution in [0.1, 0.15) is 33.6 Å². The number of rotatable bonds is 3. The molecule has 0 bridgehead atoms. The Morgan fingerprint density at radius 3 is 2.33 bits per heavy atom. The first-order valence-corrected chi connectivity index (χ1v) is 7.43. The molecule has 1 aliphatic carbocycles. The quantitative estimate of drug-likeness (QED) is 0.907. The zero-order chi connectivity index (χ0) is 13.6. The number of aromatic nitrogens is 1. The van der Waals surface area contributed by atoms with E-state index in [4.69, 9.17) is 5.73 Å². The first-order valence-electron chi connectivity index (χ1n) is 5.99. The van der Waals surface area contributed by atoms with E-state index in [0.29, 0.717) is 11.5 Å². The first-order chi connectivity index (χ1) is 8.23. The van der Waals surface area contributed by atoms with Crippen LogP contribution in [0.4, 0.5) is 11.5 Å². The maximum Gasteiger partial charge on any atom is 0.241 e. The van der Waals surface area contributed by atoms with Crippen molar-refractivity contribution in [1.29, 1.82) is 0 Å². The van der Waals surface area contributed by atoms with Crippen LogP contribution in [0.15, 0.2) is 18.3 Å². The number of hydrogen-bond donors (Lipinski definition) is 1. The molecule has 0 amide bonds. The summed E-state index contributed by atoms with van der Waals surface area (Å²) in [6, 6.07) is 3.39. The van der Waals surface area contributed by atoms with Gasteiger partial charge in [-0.15, -0.1) is 0 Å². The molecule has 0 saturated heterocycles. The summed E-state index contributed by atoms with van der Waals surface area (Å²) in [5.41, 5.74) is 6.11. The summed E-state index contributed by atoms with van der Waals surface area (Å²) in [5.74, 6) is 0.460. The van der Waals surface area contributed by atoms with Gasteiger partial charge in [0.25, 0.3) is 0 Å². The Kier molecular flexibility index (Phi) is 3.01. The minimum Gasteiger partial charge on any atom is -0.397 e. The lowest BCUT2D eigenvalue weighted by Gasteiger charge is -2.30. The third-order valence-electron chi connectivity index (χ3n) is 2.91. The molecule has 1 fully saturated rings. The van der Waals surface area contributed by atoms with Crippen LogP contribution in [-0.4, -0.2) is 24.2 Å². The molecule has 0 radical (unpaired) electrons. The molecule has 0 atom stereocenters. The zero-order valence-electron chi connectivity index (χ0n) is 10.9. The van der Waals surface area contributed by atoms with Gasteiger partial charge in [0.1, 0.15) is 5.82 Å². The lowest BCUT2D eigenvalue weighted by Crippen LogP contribution is -2.44. The molecule has 2 N–H and O–H groups in total.